The van der Waals surface area contributed by atoms with E-state index in [1.165, 1.54) is 10.9 Å². The van der Waals surface area contributed by atoms with Gasteiger partial charge < -0.3 is 15.0 Å². The number of benzene rings is 2. The first kappa shape index (κ1) is 16.0. The van der Waals surface area contributed by atoms with Gasteiger partial charge in [-0.05, 0) is 54.8 Å². The van der Waals surface area contributed by atoms with Crippen LogP contribution in [0.5, 0.6) is 5.75 Å². The van der Waals surface area contributed by atoms with Crippen LogP contribution in [-0.4, -0.2) is 24.5 Å². The van der Waals surface area contributed by atoms with E-state index < -0.39 is 0 Å². The third-order valence-electron chi connectivity index (χ3n) is 5.01. The molecule has 1 heterocycles. The van der Waals surface area contributed by atoms with Gasteiger partial charge in [-0.15, -0.1) is 0 Å². The smallest absolute Gasteiger partial charge is 0.251 e. The lowest BCUT2D eigenvalue weighted by molar-refractivity contribution is 0.0949. The van der Waals surface area contributed by atoms with Gasteiger partial charge in [-0.25, -0.2) is 0 Å². The van der Waals surface area contributed by atoms with E-state index in [0.29, 0.717) is 12.1 Å². The third kappa shape index (κ3) is 2.98. The molecule has 1 fully saturated rings. The number of rotatable bonds is 5. The lowest BCUT2D eigenvalue weighted by Gasteiger charge is -2.16. The second-order valence-electron chi connectivity index (χ2n) is 6.58. The molecule has 5 heteroatoms. The molecule has 2 aromatic carbocycles. The van der Waals surface area contributed by atoms with Crippen LogP contribution >= 0.6 is 11.6 Å². The number of hydrogen-bond acceptors (Lipinski definition) is 2. The summed E-state index contributed by atoms with van der Waals surface area (Å²) in [6.07, 6.45) is 4.20. The molecule has 0 unspecified atom stereocenters. The van der Waals surface area contributed by atoms with Crippen LogP contribution in [0.1, 0.15) is 28.8 Å². The van der Waals surface area contributed by atoms with E-state index in [1.807, 2.05) is 18.3 Å². The van der Waals surface area contributed by atoms with E-state index in [-0.39, 0.29) is 11.3 Å². The molecule has 1 aliphatic rings. The first-order chi connectivity index (χ1) is 12.1. The van der Waals surface area contributed by atoms with Crippen molar-refractivity contribution in [2.24, 2.45) is 0 Å². The molecule has 1 saturated carbocycles. The van der Waals surface area contributed by atoms with Crippen LogP contribution in [0, 0.1) is 0 Å². The first-order valence-corrected chi connectivity index (χ1v) is 8.68. The van der Waals surface area contributed by atoms with Crippen molar-refractivity contribution in [1.82, 2.24) is 10.3 Å². The van der Waals surface area contributed by atoms with Crippen molar-refractivity contribution in [1.29, 1.82) is 0 Å². The molecule has 1 aromatic heterocycles. The van der Waals surface area contributed by atoms with E-state index >= 15 is 0 Å². The Balaban J connectivity index is 1.50. The average Bonchev–Trinajstić information content (AvgIpc) is 3.31. The summed E-state index contributed by atoms with van der Waals surface area (Å²) in [5.41, 5.74) is 2.96. The number of methoxy groups -OCH3 is 1. The van der Waals surface area contributed by atoms with Crippen molar-refractivity contribution >= 4 is 28.4 Å². The van der Waals surface area contributed by atoms with Crippen LogP contribution in [0.25, 0.3) is 10.9 Å². The fourth-order valence-electron chi connectivity index (χ4n) is 3.32. The van der Waals surface area contributed by atoms with Crippen LogP contribution < -0.4 is 10.1 Å². The lowest BCUT2D eigenvalue weighted by Crippen LogP contribution is -2.32. The maximum Gasteiger partial charge on any atom is 0.251 e. The maximum atomic E-state index is 12.4. The highest BCUT2D eigenvalue weighted by Crippen LogP contribution is 2.50. The molecule has 1 aliphatic carbocycles. The molecule has 0 bridgehead atoms. The molecule has 0 spiro atoms. The van der Waals surface area contributed by atoms with Gasteiger partial charge in [0.15, 0.2) is 0 Å². The molecular formula is C20H19ClN2O2. The Hall–Kier alpha value is -2.46. The zero-order chi connectivity index (χ0) is 17.4. The summed E-state index contributed by atoms with van der Waals surface area (Å²) in [6, 6.07) is 13.0. The zero-order valence-electron chi connectivity index (χ0n) is 13.9. The molecule has 4 nitrogen and oxygen atoms in total. The van der Waals surface area contributed by atoms with Gasteiger partial charge >= 0.3 is 0 Å². The molecule has 0 saturated heterocycles. The minimum Gasteiger partial charge on any atom is -0.497 e. The number of carbonyl (C=O) groups excluding carboxylic acids is 1. The largest absolute Gasteiger partial charge is 0.497 e. The van der Waals surface area contributed by atoms with Crippen LogP contribution in [-0.2, 0) is 5.41 Å². The molecule has 128 valence electrons. The average molecular weight is 355 g/mol. The molecule has 0 aliphatic heterocycles. The number of H-pyrrole nitrogens is 1. The molecular weight excluding hydrogens is 336 g/mol. The van der Waals surface area contributed by atoms with E-state index in [9.17, 15) is 4.79 Å². The number of hydrogen-bond donors (Lipinski definition) is 2. The summed E-state index contributed by atoms with van der Waals surface area (Å²) in [4.78, 5) is 15.7. The van der Waals surface area contributed by atoms with Gasteiger partial charge in [-0.2, -0.15) is 0 Å². The predicted molar refractivity (Wildman–Crippen MR) is 99.5 cm³/mol. The minimum atomic E-state index is -0.0585. The second-order valence-corrected chi connectivity index (χ2v) is 7.02. The standard InChI is InChI=1S/C20H19ClN2O2/c1-25-15-5-2-13(3-6-15)19(24)23-12-20(8-9-20)17-11-22-18-10-14(21)4-7-16(17)18/h2-7,10-11,22H,8-9,12H2,1H3,(H,23,24). The van der Waals surface area contributed by atoms with Crippen molar-refractivity contribution in [2.75, 3.05) is 13.7 Å². The molecule has 4 rings (SSSR count). The Morgan fingerprint density at radius 1 is 1.24 bits per heavy atom. The number of amides is 1. The summed E-state index contributed by atoms with van der Waals surface area (Å²) in [5, 5.41) is 4.99. The Bertz CT molecular complexity index is 927. The second kappa shape index (κ2) is 6.12. The molecule has 2 N–H and O–H groups in total. The number of nitrogens with one attached hydrogen (secondary N) is 2. The van der Waals surface area contributed by atoms with E-state index in [0.717, 1.165) is 29.1 Å². The SMILES string of the molecule is COc1ccc(C(=O)NCC2(c3c[nH]c4cc(Cl)ccc34)CC2)cc1. The lowest BCUT2D eigenvalue weighted by atomic mass is 9.95. The Morgan fingerprint density at radius 2 is 2.00 bits per heavy atom. The van der Waals surface area contributed by atoms with Gasteiger partial charge in [-0.3, -0.25) is 4.79 Å². The summed E-state index contributed by atoms with van der Waals surface area (Å²) >= 11 is 6.06. The maximum absolute atomic E-state index is 12.4. The summed E-state index contributed by atoms with van der Waals surface area (Å²) in [7, 11) is 1.61. The van der Waals surface area contributed by atoms with Gasteiger partial charge in [0, 0.05) is 39.6 Å². The Kier molecular flexibility index (Phi) is 3.92. The van der Waals surface area contributed by atoms with E-state index in [1.54, 1.807) is 31.4 Å². The van der Waals surface area contributed by atoms with Crippen LogP contribution in [0.2, 0.25) is 5.02 Å². The molecule has 3 aromatic rings. The number of ether oxygens (including phenoxy) is 1. The Morgan fingerprint density at radius 3 is 2.68 bits per heavy atom. The molecule has 0 atom stereocenters. The van der Waals surface area contributed by atoms with Gasteiger partial charge in [0.1, 0.15) is 5.75 Å². The van der Waals surface area contributed by atoms with Gasteiger partial charge in [-0.1, -0.05) is 17.7 Å². The normalized spacial score (nSPS) is 15.1. The topological polar surface area (TPSA) is 54.1 Å². The summed E-state index contributed by atoms with van der Waals surface area (Å²) in [6.45, 7) is 0.632. The van der Waals surface area contributed by atoms with Gasteiger partial charge in [0.05, 0.1) is 7.11 Å². The fourth-order valence-corrected chi connectivity index (χ4v) is 3.50. The van der Waals surface area contributed by atoms with Crippen molar-refractivity contribution in [2.45, 2.75) is 18.3 Å². The fraction of sp³-hybridized carbons (Fsp3) is 0.250. The quantitative estimate of drug-likeness (QED) is 0.718. The number of aromatic nitrogens is 1. The molecule has 1 amide bonds. The van der Waals surface area contributed by atoms with Gasteiger partial charge in [0.25, 0.3) is 5.91 Å². The van der Waals surface area contributed by atoms with Crippen molar-refractivity contribution < 1.29 is 9.53 Å². The highest BCUT2D eigenvalue weighted by molar-refractivity contribution is 6.31. The molecule has 0 radical (unpaired) electrons. The number of aromatic amines is 1. The third-order valence-corrected chi connectivity index (χ3v) is 5.24. The van der Waals surface area contributed by atoms with Crippen LogP contribution in [0.15, 0.2) is 48.7 Å². The monoisotopic (exact) mass is 354 g/mol. The van der Waals surface area contributed by atoms with Crippen LogP contribution in [0.3, 0.4) is 0 Å². The number of halogens is 1. The zero-order valence-corrected chi connectivity index (χ0v) is 14.7. The first-order valence-electron chi connectivity index (χ1n) is 8.31. The number of fused-ring (bicyclic) bond motifs is 1. The van der Waals surface area contributed by atoms with E-state index in [2.05, 4.69) is 16.4 Å². The van der Waals surface area contributed by atoms with Crippen molar-refractivity contribution in [3.8, 4) is 5.75 Å². The number of carbonyl (C=O) groups is 1. The van der Waals surface area contributed by atoms with Gasteiger partial charge in [0.2, 0.25) is 0 Å². The minimum absolute atomic E-state index is 0.0220. The predicted octanol–water partition coefficient (Wildman–Crippen LogP) is 4.29. The van der Waals surface area contributed by atoms with E-state index in [4.69, 9.17) is 16.3 Å². The van der Waals surface area contributed by atoms with Crippen molar-refractivity contribution in [3.63, 3.8) is 0 Å². The highest BCUT2D eigenvalue weighted by Gasteiger charge is 2.45. The van der Waals surface area contributed by atoms with Crippen molar-refractivity contribution in [3.05, 3.63) is 64.8 Å². The summed E-state index contributed by atoms with van der Waals surface area (Å²) in [5.74, 6) is 0.685. The van der Waals surface area contributed by atoms with Crippen LogP contribution in [0.4, 0.5) is 0 Å². The Labute approximate surface area is 151 Å². The molecule has 25 heavy (non-hydrogen) atoms. The summed E-state index contributed by atoms with van der Waals surface area (Å²) < 4.78 is 5.13. The highest BCUT2D eigenvalue weighted by atomic mass is 35.5.